The fourth-order valence-corrected chi connectivity index (χ4v) is 4.55. The van der Waals surface area contributed by atoms with Crippen molar-refractivity contribution in [1.82, 2.24) is 14.8 Å². The number of benzene rings is 2. The lowest BCUT2D eigenvalue weighted by molar-refractivity contribution is -0.275. The number of amides is 1. The van der Waals surface area contributed by atoms with Gasteiger partial charge in [-0.25, -0.2) is 4.39 Å². The first-order chi connectivity index (χ1) is 17.2. The summed E-state index contributed by atoms with van der Waals surface area (Å²) in [5.74, 6) is -0.577. The number of carbonyl (C=O) groups excluding carboxylic acids is 1. The van der Waals surface area contributed by atoms with E-state index in [4.69, 9.17) is 28.0 Å². The van der Waals surface area contributed by atoms with Crippen molar-refractivity contribution in [3.8, 4) is 0 Å². The van der Waals surface area contributed by atoms with E-state index in [-0.39, 0.29) is 23.1 Å². The Morgan fingerprint density at radius 2 is 1.84 bits per heavy atom. The number of nitrogens with one attached hydrogen (secondary N) is 1. The Hall–Kier alpha value is -3.18. The van der Waals surface area contributed by atoms with Crippen LogP contribution in [-0.4, -0.2) is 32.6 Å². The minimum atomic E-state index is -4.93. The van der Waals surface area contributed by atoms with Gasteiger partial charge in [0.2, 0.25) is 5.95 Å². The molecule has 0 fully saturated rings. The fraction of sp³-hybridized carbons (Fsp3) is 0.333. The summed E-state index contributed by atoms with van der Waals surface area (Å²) in [7, 11) is 1.72. The number of anilines is 1. The van der Waals surface area contributed by atoms with Crippen molar-refractivity contribution in [2.75, 3.05) is 5.32 Å². The van der Waals surface area contributed by atoms with Crippen LogP contribution >= 0.6 is 23.2 Å². The first kappa shape index (κ1) is 26.9. The molecular formula is C24H21Cl2F4N5O2. The highest BCUT2D eigenvalue weighted by molar-refractivity contribution is 6.35. The smallest absolute Gasteiger partial charge is 0.374 e. The van der Waals surface area contributed by atoms with Crippen molar-refractivity contribution in [1.29, 1.82) is 0 Å². The Morgan fingerprint density at radius 3 is 2.38 bits per heavy atom. The molecule has 0 aliphatic carbocycles. The number of aromatic nitrogens is 3. The number of halogens is 6. The SMILES string of the molecule is Cc1cc(C2=NOC(c3cc(Cl)c(F)c(Cl)c3)(C(F)(F)F)C2)ccc1C(=O)Nc1nc(C(C)C)n(C)n1. The van der Waals surface area contributed by atoms with Gasteiger partial charge < -0.3 is 4.84 Å². The van der Waals surface area contributed by atoms with Crippen LogP contribution in [0.15, 0.2) is 35.5 Å². The van der Waals surface area contributed by atoms with Gasteiger partial charge in [-0.1, -0.05) is 48.3 Å². The minimum Gasteiger partial charge on any atom is -0.374 e. The zero-order valence-electron chi connectivity index (χ0n) is 20.0. The summed E-state index contributed by atoms with van der Waals surface area (Å²) < 4.78 is 58.2. The molecule has 0 saturated heterocycles. The third-order valence-electron chi connectivity index (χ3n) is 5.98. The molecule has 0 spiro atoms. The van der Waals surface area contributed by atoms with Crippen LogP contribution < -0.4 is 5.32 Å². The average Bonchev–Trinajstić information content (AvgIpc) is 3.41. The molecule has 1 aliphatic heterocycles. The lowest BCUT2D eigenvalue weighted by Crippen LogP contribution is -2.42. The molecule has 1 amide bonds. The van der Waals surface area contributed by atoms with Crippen molar-refractivity contribution in [3.63, 3.8) is 0 Å². The molecule has 0 radical (unpaired) electrons. The number of hydrogen-bond donors (Lipinski definition) is 1. The van der Waals surface area contributed by atoms with Crippen molar-refractivity contribution >= 4 is 40.8 Å². The Balaban J connectivity index is 1.59. The maximum absolute atomic E-state index is 14.2. The van der Waals surface area contributed by atoms with E-state index in [2.05, 4.69) is 20.6 Å². The van der Waals surface area contributed by atoms with Crippen molar-refractivity contribution in [2.24, 2.45) is 12.2 Å². The first-order valence-corrected chi connectivity index (χ1v) is 11.8. The van der Waals surface area contributed by atoms with E-state index >= 15 is 0 Å². The lowest BCUT2D eigenvalue weighted by atomic mass is 9.86. The van der Waals surface area contributed by atoms with Crippen LogP contribution in [0.4, 0.5) is 23.5 Å². The van der Waals surface area contributed by atoms with Crippen LogP contribution in [0.3, 0.4) is 0 Å². The Kier molecular flexibility index (Phi) is 6.98. The van der Waals surface area contributed by atoms with Crippen LogP contribution in [0, 0.1) is 12.7 Å². The van der Waals surface area contributed by atoms with E-state index in [1.165, 1.54) is 18.2 Å². The molecule has 0 bridgehead atoms. The van der Waals surface area contributed by atoms with Gasteiger partial charge in [0.05, 0.1) is 15.8 Å². The van der Waals surface area contributed by atoms with E-state index < -0.39 is 45.5 Å². The van der Waals surface area contributed by atoms with Crippen LogP contribution in [0.5, 0.6) is 0 Å². The lowest BCUT2D eigenvalue weighted by Gasteiger charge is -2.29. The molecule has 0 saturated carbocycles. The average molecular weight is 558 g/mol. The van der Waals surface area contributed by atoms with E-state index in [0.29, 0.717) is 17.0 Å². The summed E-state index contributed by atoms with van der Waals surface area (Å²) in [4.78, 5) is 22.1. The Morgan fingerprint density at radius 1 is 1.19 bits per heavy atom. The number of rotatable bonds is 5. The van der Waals surface area contributed by atoms with Gasteiger partial charge in [0.15, 0.2) is 5.82 Å². The van der Waals surface area contributed by atoms with Gasteiger partial charge in [0.25, 0.3) is 11.5 Å². The molecule has 13 heteroatoms. The molecule has 2 heterocycles. The number of carbonyl (C=O) groups is 1. The van der Waals surface area contributed by atoms with Gasteiger partial charge >= 0.3 is 6.18 Å². The summed E-state index contributed by atoms with van der Waals surface area (Å²) in [5, 5.41) is 9.36. The molecule has 1 aromatic heterocycles. The third-order valence-corrected chi connectivity index (χ3v) is 6.53. The highest BCUT2D eigenvalue weighted by Crippen LogP contribution is 2.50. The maximum atomic E-state index is 14.2. The van der Waals surface area contributed by atoms with Gasteiger partial charge in [-0.2, -0.15) is 18.2 Å². The second-order valence-electron chi connectivity index (χ2n) is 8.94. The molecule has 1 N–H and O–H groups in total. The standard InChI is InChI=1S/C24H21Cl2F4N5O2/c1-11(2)20-31-22(33-35(20)4)32-21(36)15-6-5-13(7-12(15)3)18-10-23(37-34-18,24(28,29)30)14-8-16(25)19(27)17(26)9-14/h5-9,11H,10H2,1-4H3,(H,32,33,36). The monoisotopic (exact) mass is 557 g/mol. The van der Waals surface area contributed by atoms with E-state index in [1.54, 1.807) is 18.7 Å². The molecule has 3 aromatic rings. The molecule has 1 aliphatic rings. The van der Waals surface area contributed by atoms with Gasteiger partial charge in [-0.05, 0) is 42.3 Å². The first-order valence-electron chi connectivity index (χ1n) is 11.0. The molecule has 37 heavy (non-hydrogen) atoms. The predicted octanol–water partition coefficient (Wildman–Crippen LogP) is 6.53. The van der Waals surface area contributed by atoms with Crippen LogP contribution in [0.25, 0.3) is 0 Å². The highest BCUT2D eigenvalue weighted by Gasteiger charge is 2.62. The molecular weight excluding hydrogens is 537 g/mol. The second-order valence-corrected chi connectivity index (χ2v) is 9.75. The Bertz CT molecular complexity index is 1400. The van der Waals surface area contributed by atoms with E-state index in [9.17, 15) is 22.4 Å². The second kappa shape index (κ2) is 9.60. The summed E-state index contributed by atoms with van der Waals surface area (Å²) in [6, 6.07) is 6.10. The molecule has 7 nitrogen and oxygen atoms in total. The van der Waals surface area contributed by atoms with Crippen molar-refractivity contribution in [3.05, 3.63) is 74.3 Å². The summed E-state index contributed by atoms with van der Waals surface area (Å²) >= 11 is 11.5. The maximum Gasteiger partial charge on any atom is 0.435 e. The zero-order valence-corrected chi connectivity index (χ0v) is 21.6. The number of hydrogen-bond acceptors (Lipinski definition) is 5. The third kappa shape index (κ3) is 4.89. The normalized spacial score (nSPS) is 17.6. The molecule has 1 atom stereocenters. The highest BCUT2D eigenvalue weighted by atomic mass is 35.5. The summed E-state index contributed by atoms with van der Waals surface area (Å²) in [6.45, 7) is 5.53. The van der Waals surface area contributed by atoms with Crippen molar-refractivity contribution < 1.29 is 27.2 Å². The largest absolute Gasteiger partial charge is 0.435 e. The molecule has 2 aromatic carbocycles. The molecule has 4 rings (SSSR count). The number of oxime groups is 1. The van der Waals surface area contributed by atoms with Gasteiger partial charge in [0.1, 0.15) is 5.82 Å². The van der Waals surface area contributed by atoms with Crippen molar-refractivity contribution in [2.45, 2.75) is 44.9 Å². The topological polar surface area (TPSA) is 81.4 Å². The van der Waals surface area contributed by atoms with E-state index in [1.807, 2.05) is 13.8 Å². The fourth-order valence-electron chi connectivity index (χ4n) is 4.07. The summed E-state index contributed by atoms with van der Waals surface area (Å²) in [5.41, 5.74) is -2.33. The molecule has 196 valence electrons. The molecule has 1 unspecified atom stereocenters. The zero-order chi connectivity index (χ0) is 27.3. The van der Waals surface area contributed by atoms with E-state index in [0.717, 1.165) is 12.1 Å². The van der Waals surface area contributed by atoms with Crippen LogP contribution in [0.2, 0.25) is 10.0 Å². The number of alkyl halides is 3. The van der Waals surface area contributed by atoms with Crippen LogP contribution in [-0.2, 0) is 17.5 Å². The van der Waals surface area contributed by atoms with Gasteiger partial charge in [-0.3, -0.25) is 14.8 Å². The number of aryl methyl sites for hydroxylation is 2. The van der Waals surface area contributed by atoms with Crippen LogP contribution in [0.1, 0.15) is 59.1 Å². The van der Waals surface area contributed by atoms with Gasteiger partial charge in [0, 0.05) is 30.5 Å². The predicted molar refractivity (Wildman–Crippen MR) is 131 cm³/mol. The minimum absolute atomic E-state index is 0.0167. The number of nitrogens with zero attached hydrogens (tertiary/aromatic N) is 4. The van der Waals surface area contributed by atoms with Gasteiger partial charge in [-0.15, -0.1) is 5.10 Å². The Labute approximate surface area is 219 Å². The summed E-state index contributed by atoms with van der Waals surface area (Å²) in [6.07, 6.45) is -5.64. The quantitative estimate of drug-likeness (QED) is 0.285.